The van der Waals surface area contributed by atoms with Gasteiger partial charge in [0.1, 0.15) is 5.75 Å². The summed E-state index contributed by atoms with van der Waals surface area (Å²) in [6.45, 7) is -0.0561. The first kappa shape index (κ1) is 13.8. The number of rotatable bonds is 5. The van der Waals surface area contributed by atoms with Crippen molar-refractivity contribution in [3.63, 3.8) is 0 Å². The van der Waals surface area contributed by atoms with Gasteiger partial charge in [0.15, 0.2) is 6.61 Å². The van der Waals surface area contributed by atoms with Crippen molar-refractivity contribution >= 4 is 17.5 Å². The molecule has 1 amide bonds. The van der Waals surface area contributed by atoms with E-state index in [1.165, 1.54) is 0 Å². The lowest BCUT2D eigenvalue weighted by atomic mass is 10.3. The van der Waals surface area contributed by atoms with Crippen molar-refractivity contribution in [1.82, 2.24) is 9.97 Å². The normalized spacial score (nSPS) is 9.90. The molecule has 0 bridgehead atoms. The van der Waals surface area contributed by atoms with Gasteiger partial charge in [-0.3, -0.25) is 4.79 Å². The Morgan fingerprint density at radius 1 is 1.20 bits per heavy atom. The van der Waals surface area contributed by atoms with Crippen molar-refractivity contribution in [3.8, 4) is 5.75 Å². The van der Waals surface area contributed by atoms with Crippen molar-refractivity contribution in [3.05, 3.63) is 42.7 Å². The molecule has 0 aliphatic carbocycles. The van der Waals surface area contributed by atoms with Crippen molar-refractivity contribution in [2.75, 3.05) is 30.9 Å². The molecule has 1 N–H and O–H groups in total. The fourth-order valence-corrected chi connectivity index (χ4v) is 1.48. The van der Waals surface area contributed by atoms with E-state index in [1.54, 1.807) is 29.4 Å². The molecule has 2 rings (SSSR count). The van der Waals surface area contributed by atoms with Crippen molar-refractivity contribution in [2.45, 2.75) is 0 Å². The molecule has 0 spiro atoms. The molecule has 0 saturated heterocycles. The number of aromatic nitrogens is 2. The number of anilines is 2. The average Bonchev–Trinajstić information content (AvgIpc) is 2.47. The van der Waals surface area contributed by atoms with Gasteiger partial charge in [0.05, 0.1) is 18.1 Å². The largest absolute Gasteiger partial charge is 0.484 e. The lowest BCUT2D eigenvalue weighted by molar-refractivity contribution is -0.118. The van der Waals surface area contributed by atoms with Crippen LogP contribution in [0.1, 0.15) is 0 Å². The standard InChI is InChI=1S/C14H16N4O2/c1-18(2)14-15-8-11(9-16-14)17-13(19)10-20-12-6-4-3-5-7-12/h3-9H,10H2,1-2H3,(H,17,19). The first-order valence-electron chi connectivity index (χ1n) is 6.12. The number of ether oxygens (including phenoxy) is 1. The van der Waals surface area contributed by atoms with Gasteiger partial charge in [-0.05, 0) is 12.1 Å². The summed E-state index contributed by atoms with van der Waals surface area (Å²) in [6.07, 6.45) is 3.12. The van der Waals surface area contributed by atoms with Gasteiger partial charge in [-0.15, -0.1) is 0 Å². The van der Waals surface area contributed by atoms with Crippen LogP contribution >= 0.6 is 0 Å². The smallest absolute Gasteiger partial charge is 0.262 e. The lowest BCUT2D eigenvalue weighted by Gasteiger charge is -2.10. The van der Waals surface area contributed by atoms with Gasteiger partial charge < -0.3 is 15.0 Å². The molecule has 2 aromatic rings. The molecule has 20 heavy (non-hydrogen) atoms. The van der Waals surface area contributed by atoms with E-state index >= 15 is 0 Å². The molecule has 0 aliphatic heterocycles. The summed E-state index contributed by atoms with van der Waals surface area (Å²) in [6, 6.07) is 9.17. The third kappa shape index (κ3) is 3.94. The fraction of sp³-hybridized carbons (Fsp3) is 0.214. The molecular weight excluding hydrogens is 256 g/mol. The number of carbonyl (C=O) groups excluding carboxylic acids is 1. The number of nitrogens with zero attached hydrogens (tertiary/aromatic N) is 3. The quantitative estimate of drug-likeness (QED) is 0.894. The SMILES string of the molecule is CN(C)c1ncc(NC(=O)COc2ccccc2)cn1. The number of nitrogens with one attached hydrogen (secondary N) is 1. The average molecular weight is 272 g/mol. The minimum atomic E-state index is -0.255. The highest BCUT2D eigenvalue weighted by molar-refractivity contribution is 5.91. The summed E-state index contributed by atoms with van der Waals surface area (Å²) in [7, 11) is 3.70. The maximum atomic E-state index is 11.7. The first-order valence-corrected chi connectivity index (χ1v) is 6.12. The van der Waals surface area contributed by atoms with Crippen molar-refractivity contribution < 1.29 is 9.53 Å². The van der Waals surface area contributed by atoms with Crippen LogP contribution in [-0.4, -0.2) is 36.6 Å². The fourth-order valence-electron chi connectivity index (χ4n) is 1.48. The van der Waals surface area contributed by atoms with E-state index in [1.807, 2.05) is 32.3 Å². The molecule has 0 atom stereocenters. The van der Waals surface area contributed by atoms with Crippen LogP contribution in [0.4, 0.5) is 11.6 Å². The van der Waals surface area contributed by atoms with E-state index in [9.17, 15) is 4.79 Å². The van der Waals surface area contributed by atoms with Gasteiger partial charge in [-0.25, -0.2) is 9.97 Å². The predicted octanol–water partition coefficient (Wildman–Crippen LogP) is 1.56. The number of amides is 1. The molecule has 1 aromatic heterocycles. The van der Waals surface area contributed by atoms with Crippen LogP contribution in [0, 0.1) is 0 Å². The Labute approximate surface area is 117 Å². The minimum Gasteiger partial charge on any atom is -0.484 e. The van der Waals surface area contributed by atoms with E-state index in [0.717, 1.165) is 0 Å². The van der Waals surface area contributed by atoms with Crippen LogP contribution in [-0.2, 0) is 4.79 Å². The molecule has 1 heterocycles. The highest BCUT2D eigenvalue weighted by Gasteiger charge is 2.05. The summed E-state index contributed by atoms with van der Waals surface area (Å²) < 4.78 is 5.34. The summed E-state index contributed by atoms with van der Waals surface area (Å²) >= 11 is 0. The number of carbonyl (C=O) groups is 1. The number of benzene rings is 1. The Balaban J connectivity index is 1.85. The van der Waals surface area contributed by atoms with Gasteiger partial charge >= 0.3 is 0 Å². The zero-order valence-corrected chi connectivity index (χ0v) is 11.4. The molecule has 0 aliphatic rings. The van der Waals surface area contributed by atoms with Gasteiger partial charge in [0.2, 0.25) is 5.95 Å². The van der Waals surface area contributed by atoms with Crippen LogP contribution < -0.4 is 15.0 Å². The zero-order valence-electron chi connectivity index (χ0n) is 11.4. The Hall–Kier alpha value is -2.63. The minimum absolute atomic E-state index is 0.0561. The number of hydrogen-bond donors (Lipinski definition) is 1. The molecule has 0 radical (unpaired) electrons. The van der Waals surface area contributed by atoms with Gasteiger partial charge in [0, 0.05) is 14.1 Å². The summed E-state index contributed by atoms with van der Waals surface area (Å²) in [5.74, 6) is 0.987. The molecule has 1 aromatic carbocycles. The second kappa shape index (κ2) is 6.51. The number of hydrogen-bond acceptors (Lipinski definition) is 5. The van der Waals surface area contributed by atoms with E-state index in [2.05, 4.69) is 15.3 Å². The lowest BCUT2D eigenvalue weighted by Crippen LogP contribution is -2.20. The van der Waals surface area contributed by atoms with Crippen LogP contribution in [0.25, 0.3) is 0 Å². The van der Waals surface area contributed by atoms with Gasteiger partial charge in [-0.2, -0.15) is 0 Å². The Bertz CT molecular complexity index is 555. The summed E-state index contributed by atoms with van der Waals surface area (Å²) in [5.41, 5.74) is 0.539. The van der Waals surface area contributed by atoms with E-state index in [-0.39, 0.29) is 12.5 Å². The molecule has 0 fully saturated rings. The molecule has 6 nitrogen and oxygen atoms in total. The summed E-state index contributed by atoms with van der Waals surface area (Å²) in [4.78, 5) is 21.7. The van der Waals surface area contributed by atoms with E-state index in [4.69, 9.17) is 4.74 Å². The molecule has 104 valence electrons. The van der Waals surface area contributed by atoms with E-state index < -0.39 is 0 Å². The first-order chi connectivity index (χ1) is 9.65. The predicted molar refractivity (Wildman–Crippen MR) is 76.9 cm³/mol. The molecule has 0 unspecified atom stereocenters. The highest BCUT2D eigenvalue weighted by atomic mass is 16.5. The third-order valence-electron chi connectivity index (χ3n) is 2.44. The van der Waals surface area contributed by atoms with E-state index in [0.29, 0.717) is 17.4 Å². The second-order valence-corrected chi connectivity index (χ2v) is 4.32. The topological polar surface area (TPSA) is 67.4 Å². The van der Waals surface area contributed by atoms with Gasteiger partial charge in [-0.1, -0.05) is 18.2 Å². The van der Waals surface area contributed by atoms with Crippen LogP contribution in [0.3, 0.4) is 0 Å². The Kier molecular flexibility index (Phi) is 4.49. The Morgan fingerprint density at radius 3 is 2.45 bits per heavy atom. The second-order valence-electron chi connectivity index (χ2n) is 4.32. The molecule has 0 saturated carbocycles. The van der Waals surface area contributed by atoms with Crippen LogP contribution in [0.5, 0.6) is 5.75 Å². The monoisotopic (exact) mass is 272 g/mol. The van der Waals surface area contributed by atoms with Crippen molar-refractivity contribution in [2.24, 2.45) is 0 Å². The number of para-hydroxylation sites is 1. The van der Waals surface area contributed by atoms with Gasteiger partial charge in [0.25, 0.3) is 5.91 Å². The van der Waals surface area contributed by atoms with Crippen LogP contribution in [0.15, 0.2) is 42.7 Å². The highest BCUT2D eigenvalue weighted by Crippen LogP contribution is 2.09. The molecule has 6 heteroatoms. The third-order valence-corrected chi connectivity index (χ3v) is 2.44. The molecular formula is C14H16N4O2. The zero-order chi connectivity index (χ0) is 14.4. The summed E-state index contributed by atoms with van der Waals surface area (Å²) in [5, 5.41) is 2.67. The maximum absolute atomic E-state index is 11.7. The Morgan fingerprint density at radius 2 is 1.85 bits per heavy atom. The van der Waals surface area contributed by atoms with Crippen LogP contribution in [0.2, 0.25) is 0 Å². The van der Waals surface area contributed by atoms with Crippen molar-refractivity contribution in [1.29, 1.82) is 0 Å². The maximum Gasteiger partial charge on any atom is 0.262 e.